The fraction of sp³-hybridized carbons (Fsp3) is 0.455. The first-order valence-corrected chi connectivity index (χ1v) is 6.75. The molecule has 5 heteroatoms. The molecule has 0 aromatic carbocycles. The molecular weight excluding hydrogens is 385 g/mol. The predicted octanol–water partition coefficient (Wildman–Crippen LogP) is 3.63. The van der Waals surface area contributed by atoms with Gasteiger partial charge in [-0.05, 0) is 71.8 Å². The maximum Gasteiger partial charge on any atom is 0.341 e. The number of pyridine rings is 1. The van der Waals surface area contributed by atoms with Crippen molar-refractivity contribution in [1.82, 2.24) is 4.98 Å². The number of halogens is 2. The molecule has 0 saturated carbocycles. The van der Waals surface area contributed by atoms with Crippen LogP contribution in [0.1, 0.15) is 35.5 Å². The van der Waals surface area contributed by atoms with Crippen LogP contribution in [-0.4, -0.2) is 17.1 Å². The summed E-state index contributed by atoms with van der Waals surface area (Å²) >= 11 is 5.49. The predicted molar refractivity (Wildman–Crippen MR) is 74.7 cm³/mol. The van der Waals surface area contributed by atoms with Gasteiger partial charge in [0.15, 0.2) is 0 Å². The molecule has 0 N–H and O–H groups in total. The lowest BCUT2D eigenvalue weighted by molar-refractivity contribution is 0.0375. The highest BCUT2D eigenvalue weighted by atomic mass is 127. The van der Waals surface area contributed by atoms with Gasteiger partial charge in [-0.15, -0.1) is 0 Å². The van der Waals surface area contributed by atoms with Crippen molar-refractivity contribution < 1.29 is 9.53 Å². The summed E-state index contributed by atoms with van der Waals surface area (Å²) in [5.74, 6) is -0.329. The summed E-state index contributed by atoms with van der Waals surface area (Å²) in [6.45, 7) is 7.47. The van der Waals surface area contributed by atoms with E-state index in [0.29, 0.717) is 10.2 Å². The summed E-state index contributed by atoms with van der Waals surface area (Å²) in [4.78, 5) is 16.1. The first-order valence-electron chi connectivity index (χ1n) is 4.87. The maximum absolute atomic E-state index is 11.9. The first-order chi connectivity index (χ1) is 7.34. The number of nitrogens with zero attached hydrogens (tertiary/aromatic N) is 1. The molecule has 1 heterocycles. The zero-order valence-corrected chi connectivity index (χ0v) is 13.3. The van der Waals surface area contributed by atoms with Crippen LogP contribution >= 0.6 is 38.5 Å². The van der Waals surface area contributed by atoms with E-state index >= 15 is 0 Å². The highest BCUT2D eigenvalue weighted by molar-refractivity contribution is 14.1. The Morgan fingerprint density at radius 2 is 2.00 bits per heavy atom. The van der Waals surface area contributed by atoms with Gasteiger partial charge in [0, 0.05) is 3.57 Å². The molecule has 3 nitrogen and oxygen atoms in total. The Morgan fingerprint density at radius 3 is 2.50 bits per heavy atom. The van der Waals surface area contributed by atoms with Crippen molar-refractivity contribution in [3.05, 3.63) is 25.0 Å². The standard InChI is InChI=1S/C11H13BrINO2/c1-5(2)16-11(15)8-6(3)9(13)7(4)14-10(8)12/h5H,1-4H3. The van der Waals surface area contributed by atoms with Gasteiger partial charge in [0.2, 0.25) is 0 Å². The number of aromatic nitrogens is 1. The van der Waals surface area contributed by atoms with Crippen LogP contribution in [0.5, 0.6) is 0 Å². The third kappa shape index (κ3) is 2.94. The maximum atomic E-state index is 11.9. The summed E-state index contributed by atoms with van der Waals surface area (Å²) in [6, 6.07) is 0. The quantitative estimate of drug-likeness (QED) is 0.434. The number of carbonyl (C=O) groups excluding carboxylic acids is 1. The van der Waals surface area contributed by atoms with Crippen LogP contribution in [-0.2, 0) is 4.74 Å². The zero-order chi connectivity index (χ0) is 12.5. The Balaban J connectivity index is 3.24. The lowest BCUT2D eigenvalue weighted by atomic mass is 10.1. The lowest BCUT2D eigenvalue weighted by Gasteiger charge is -2.13. The Hall–Kier alpha value is -0.170. The Bertz CT molecular complexity index is 432. The van der Waals surface area contributed by atoms with Crippen molar-refractivity contribution >= 4 is 44.5 Å². The van der Waals surface area contributed by atoms with Gasteiger partial charge in [0.1, 0.15) is 4.60 Å². The van der Waals surface area contributed by atoms with Gasteiger partial charge >= 0.3 is 5.97 Å². The van der Waals surface area contributed by atoms with Crippen molar-refractivity contribution in [3.63, 3.8) is 0 Å². The minimum atomic E-state index is -0.329. The number of hydrogen-bond donors (Lipinski definition) is 0. The minimum Gasteiger partial charge on any atom is -0.459 e. The van der Waals surface area contributed by atoms with Gasteiger partial charge in [0.05, 0.1) is 17.4 Å². The topological polar surface area (TPSA) is 39.2 Å². The summed E-state index contributed by atoms with van der Waals surface area (Å²) in [5.41, 5.74) is 2.33. The number of rotatable bonds is 2. The van der Waals surface area contributed by atoms with Crippen LogP contribution in [0, 0.1) is 17.4 Å². The van der Waals surface area contributed by atoms with Crippen molar-refractivity contribution in [1.29, 1.82) is 0 Å². The van der Waals surface area contributed by atoms with Crippen molar-refractivity contribution in [3.8, 4) is 0 Å². The molecule has 0 amide bonds. The molecule has 88 valence electrons. The number of carbonyl (C=O) groups is 1. The fourth-order valence-corrected chi connectivity index (χ4v) is 2.41. The van der Waals surface area contributed by atoms with Gasteiger partial charge < -0.3 is 4.74 Å². The van der Waals surface area contributed by atoms with Crippen LogP contribution < -0.4 is 0 Å². The van der Waals surface area contributed by atoms with Gasteiger partial charge in [-0.3, -0.25) is 0 Å². The Labute approximate surface area is 117 Å². The third-order valence-corrected chi connectivity index (χ3v) is 4.20. The molecular formula is C11H13BrINO2. The number of hydrogen-bond acceptors (Lipinski definition) is 3. The largest absolute Gasteiger partial charge is 0.459 e. The molecule has 0 aliphatic carbocycles. The minimum absolute atomic E-state index is 0.127. The van der Waals surface area contributed by atoms with Gasteiger partial charge in [-0.2, -0.15) is 0 Å². The molecule has 1 aromatic heterocycles. The van der Waals surface area contributed by atoms with Gasteiger partial charge in [0.25, 0.3) is 0 Å². The van der Waals surface area contributed by atoms with E-state index in [-0.39, 0.29) is 12.1 Å². The average Bonchev–Trinajstić information content (AvgIpc) is 2.13. The molecule has 0 aliphatic rings. The summed E-state index contributed by atoms with van der Waals surface area (Å²) in [6.07, 6.45) is -0.127. The highest BCUT2D eigenvalue weighted by Gasteiger charge is 2.20. The summed E-state index contributed by atoms with van der Waals surface area (Å²) in [7, 11) is 0. The smallest absolute Gasteiger partial charge is 0.341 e. The molecule has 1 rings (SSSR count). The molecule has 16 heavy (non-hydrogen) atoms. The molecule has 0 saturated heterocycles. The van der Waals surface area contributed by atoms with E-state index in [2.05, 4.69) is 43.5 Å². The molecule has 0 radical (unpaired) electrons. The molecule has 0 atom stereocenters. The van der Waals surface area contributed by atoms with E-state index in [1.165, 1.54) is 0 Å². The monoisotopic (exact) mass is 397 g/mol. The van der Waals surface area contributed by atoms with E-state index in [1.54, 1.807) is 0 Å². The zero-order valence-electron chi connectivity index (χ0n) is 9.60. The normalized spacial score (nSPS) is 10.7. The molecule has 0 unspecified atom stereocenters. The Morgan fingerprint density at radius 1 is 1.44 bits per heavy atom. The molecule has 0 aliphatic heterocycles. The van der Waals surface area contributed by atoms with E-state index < -0.39 is 0 Å². The van der Waals surface area contributed by atoms with Gasteiger partial charge in [-0.1, -0.05) is 0 Å². The highest BCUT2D eigenvalue weighted by Crippen LogP contribution is 2.25. The molecule has 0 fully saturated rings. The first kappa shape index (κ1) is 13.9. The van der Waals surface area contributed by atoms with Crippen LogP contribution in [0.4, 0.5) is 0 Å². The van der Waals surface area contributed by atoms with E-state index in [1.807, 2.05) is 27.7 Å². The number of esters is 1. The van der Waals surface area contributed by atoms with Crippen molar-refractivity contribution in [2.75, 3.05) is 0 Å². The Kier molecular flexibility index (Phi) is 4.73. The van der Waals surface area contributed by atoms with Crippen molar-refractivity contribution in [2.24, 2.45) is 0 Å². The van der Waals surface area contributed by atoms with E-state index in [0.717, 1.165) is 14.8 Å². The van der Waals surface area contributed by atoms with Crippen molar-refractivity contribution in [2.45, 2.75) is 33.8 Å². The van der Waals surface area contributed by atoms with E-state index in [4.69, 9.17) is 4.74 Å². The second-order valence-corrected chi connectivity index (χ2v) is 5.59. The summed E-state index contributed by atoms with van der Waals surface area (Å²) < 4.78 is 6.73. The van der Waals surface area contributed by atoms with Crippen LogP contribution in [0.2, 0.25) is 0 Å². The van der Waals surface area contributed by atoms with Crippen LogP contribution in [0.25, 0.3) is 0 Å². The fourth-order valence-electron chi connectivity index (χ4n) is 1.30. The van der Waals surface area contributed by atoms with E-state index in [9.17, 15) is 4.79 Å². The van der Waals surface area contributed by atoms with Crippen LogP contribution in [0.15, 0.2) is 4.60 Å². The lowest BCUT2D eigenvalue weighted by Crippen LogP contribution is -2.15. The molecule has 0 spiro atoms. The van der Waals surface area contributed by atoms with Gasteiger partial charge in [-0.25, -0.2) is 9.78 Å². The third-order valence-electron chi connectivity index (χ3n) is 2.04. The second kappa shape index (κ2) is 5.44. The molecule has 1 aromatic rings. The van der Waals surface area contributed by atoms with Crippen LogP contribution in [0.3, 0.4) is 0 Å². The SMILES string of the molecule is Cc1nc(Br)c(C(=O)OC(C)C)c(C)c1I. The molecule has 0 bridgehead atoms. The average molecular weight is 398 g/mol. The summed E-state index contributed by atoms with van der Waals surface area (Å²) in [5, 5.41) is 0. The number of aryl methyl sites for hydroxylation is 1. The second-order valence-electron chi connectivity index (χ2n) is 3.76. The number of ether oxygens (including phenoxy) is 1.